The first-order valence-corrected chi connectivity index (χ1v) is 10.6. The van der Waals surface area contributed by atoms with Crippen molar-refractivity contribution in [3.8, 4) is 0 Å². The largest absolute Gasteiger partial charge is 0.416 e. The topological polar surface area (TPSA) is 52.7 Å². The van der Waals surface area contributed by atoms with Crippen LogP contribution in [0.1, 0.15) is 47.2 Å². The van der Waals surface area contributed by atoms with E-state index in [1.54, 1.807) is 4.90 Å². The number of piperidine rings is 1. The molecule has 0 spiro atoms. The Bertz CT molecular complexity index is 872. The first-order chi connectivity index (χ1) is 15.3. The van der Waals surface area contributed by atoms with Gasteiger partial charge in [0, 0.05) is 24.4 Å². The number of hydrogen-bond acceptors (Lipinski definition) is 3. The molecule has 2 fully saturated rings. The van der Waals surface area contributed by atoms with Gasteiger partial charge in [0.25, 0.3) is 5.91 Å². The molecule has 2 aliphatic heterocycles. The zero-order chi connectivity index (χ0) is 24.4. The van der Waals surface area contributed by atoms with Gasteiger partial charge in [-0.3, -0.25) is 14.5 Å². The van der Waals surface area contributed by atoms with Crippen molar-refractivity contribution in [3.05, 3.63) is 47.2 Å². The van der Waals surface area contributed by atoms with Crippen molar-refractivity contribution >= 4 is 11.8 Å². The molecule has 1 aromatic carbocycles. The number of amides is 2. The van der Waals surface area contributed by atoms with Gasteiger partial charge in [-0.1, -0.05) is 6.58 Å². The van der Waals surface area contributed by atoms with Gasteiger partial charge < -0.3 is 10.2 Å². The molecular formula is C22H25F6N3O2. The number of carbonyl (C=O) groups excluding carboxylic acids is 2. The number of likely N-dealkylation sites (tertiary alicyclic amines) is 2. The summed E-state index contributed by atoms with van der Waals surface area (Å²) < 4.78 is 77.9. The zero-order valence-electron chi connectivity index (χ0n) is 17.9. The molecule has 0 aromatic heterocycles. The maximum atomic E-state index is 13.0. The minimum Gasteiger partial charge on any atom is -0.352 e. The summed E-state index contributed by atoms with van der Waals surface area (Å²) in [5.74, 6) is -0.985. The second-order valence-corrected chi connectivity index (χ2v) is 8.44. The SMILES string of the molecule is C=C1CCCN1C(=O)CN1CCC(CNC(=O)c2cc(C(F)(F)F)cc(C(F)(F)F)c2)CC1. The van der Waals surface area contributed by atoms with Gasteiger partial charge in [-0.15, -0.1) is 0 Å². The van der Waals surface area contributed by atoms with Gasteiger partial charge in [-0.05, 0) is 62.9 Å². The van der Waals surface area contributed by atoms with E-state index in [2.05, 4.69) is 11.9 Å². The molecule has 2 saturated heterocycles. The maximum absolute atomic E-state index is 13.0. The molecule has 1 aromatic rings. The number of alkyl halides is 6. The lowest BCUT2D eigenvalue weighted by Crippen LogP contribution is -2.43. The Hall–Kier alpha value is -2.56. The van der Waals surface area contributed by atoms with Crippen LogP contribution < -0.4 is 5.32 Å². The van der Waals surface area contributed by atoms with Crippen molar-refractivity contribution in [1.82, 2.24) is 15.1 Å². The molecule has 2 heterocycles. The summed E-state index contributed by atoms with van der Waals surface area (Å²) in [6, 6.07) is 0.835. The zero-order valence-corrected chi connectivity index (χ0v) is 17.9. The van der Waals surface area contributed by atoms with Crippen LogP contribution >= 0.6 is 0 Å². The number of benzene rings is 1. The molecule has 0 aliphatic carbocycles. The highest BCUT2D eigenvalue weighted by atomic mass is 19.4. The van der Waals surface area contributed by atoms with Crippen LogP contribution in [0.25, 0.3) is 0 Å². The van der Waals surface area contributed by atoms with E-state index in [-0.39, 0.29) is 31.0 Å². The first-order valence-electron chi connectivity index (χ1n) is 10.6. The highest BCUT2D eigenvalue weighted by Crippen LogP contribution is 2.36. The third-order valence-electron chi connectivity index (χ3n) is 6.00. The Kier molecular flexibility index (Phi) is 7.40. The number of allylic oxidation sites excluding steroid dienone is 1. The van der Waals surface area contributed by atoms with Crippen molar-refractivity contribution in [2.75, 3.05) is 32.7 Å². The summed E-state index contributed by atoms with van der Waals surface area (Å²) in [4.78, 5) is 28.4. The molecule has 0 unspecified atom stereocenters. The second kappa shape index (κ2) is 9.74. The van der Waals surface area contributed by atoms with Gasteiger partial charge in [-0.25, -0.2) is 0 Å². The third-order valence-corrected chi connectivity index (χ3v) is 6.00. The molecule has 33 heavy (non-hydrogen) atoms. The fourth-order valence-electron chi connectivity index (χ4n) is 4.09. The summed E-state index contributed by atoms with van der Waals surface area (Å²) in [5.41, 5.74) is -2.92. The van der Waals surface area contributed by atoms with Crippen molar-refractivity contribution in [1.29, 1.82) is 0 Å². The van der Waals surface area contributed by atoms with Gasteiger partial charge in [0.15, 0.2) is 0 Å². The standard InChI is InChI=1S/C22H25F6N3O2/c1-14-3-2-6-31(14)19(32)13-30-7-4-15(5-8-30)12-29-20(33)16-9-17(21(23,24)25)11-18(10-16)22(26,27)28/h9-11,15H,1-8,12-13H2,(H,29,33). The van der Waals surface area contributed by atoms with Crippen molar-refractivity contribution in [3.63, 3.8) is 0 Å². The number of rotatable bonds is 5. The van der Waals surface area contributed by atoms with Crippen LogP contribution in [-0.2, 0) is 17.1 Å². The minimum atomic E-state index is -5.01. The lowest BCUT2D eigenvalue weighted by atomic mass is 9.96. The normalized spacial score (nSPS) is 18.6. The lowest BCUT2D eigenvalue weighted by molar-refractivity contribution is -0.143. The summed E-state index contributed by atoms with van der Waals surface area (Å²) >= 11 is 0. The molecule has 3 rings (SSSR count). The van der Waals surface area contributed by atoms with Gasteiger partial charge in [0.05, 0.1) is 17.7 Å². The maximum Gasteiger partial charge on any atom is 0.416 e. The molecule has 0 bridgehead atoms. The number of nitrogens with one attached hydrogen (secondary N) is 1. The summed E-state index contributed by atoms with van der Waals surface area (Å²) in [6.07, 6.45) is -7.02. The molecule has 1 N–H and O–H groups in total. The quantitative estimate of drug-likeness (QED) is 0.644. The smallest absolute Gasteiger partial charge is 0.352 e. The van der Waals surface area contributed by atoms with Crippen LogP contribution in [0.3, 0.4) is 0 Å². The van der Waals surface area contributed by atoms with Crippen molar-refractivity contribution in [2.45, 2.75) is 38.0 Å². The highest BCUT2D eigenvalue weighted by Gasteiger charge is 2.37. The van der Waals surface area contributed by atoms with Crippen molar-refractivity contribution in [2.24, 2.45) is 5.92 Å². The fraction of sp³-hybridized carbons (Fsp3) is 0.545. The van der Waals surface area contributed by atoms with Crippen molar-refractivity contribution < 1.29 is 35.9 Å². The molecule has 2 aliphatic rings. The number of carbonyl (C=O) groups is 2. The summed E-state index contributed by atoms with van der Waals surface area (Å²) in [5, 5.41) is 2.45. The van der Waals surface area contributed by atoms with Crippen LogP contribution in [-0.4, -0.2) is 54.3 Å². The van der Waals surface area contributed by atoms with E-state index in [0.717, 1.165) is 18.5 Å². The third kappa shape index (κ3) is 6.49. The number of nitrogens with zero attached hydrogens (tertiary/aromatic N) is 2. The van der Waals surface area contributed by atoms with E-state index < -0.39 is 35.0 Å². The van der Waals surface area contributed by atoms with Crippen LogP contribution in [0.5, 0.6) is 0 Å². The summed E-state index contributed by atoms with van der Waals surface area (Å²) in [6.45, 7) is 6.16. The van der Waals surface area contributed by atoms with E-state index in [9.17, 15) is 35.9 Å². The van der Waals surface area contributed by atoms with Crippen LogP contribution in [0.2, 0.25) is 0 Å². The minimum absolute atomic E-state index is 0.00531. The average molecular weight is 477 g/mol. The molecular weight excluding hydrogens is 452 g/mol. The van der Waals surface area contributed by atoms with Gasteiger partial charge in [-0.2, -0.15) is 26.3 Å². The monoisotopic (exact) mass is 477 g/mol. The van der Waals surface area contributed by atoms with E-state index in [1.807, 2.05) is 4.90 Å². The van der Waals surface area contributed by atoms with Crippen LogP contribution in [0.15, 0.2) is 30.5 Å². The molecule has 2 amide bonds. The lowest BCUT2D eigenvalue weighted by Gasteiger charge is -2.32. The molecule has 11 heteroatoms. The van der Waals surface area contributed by atoms with E-state index in [1.165, 1.54) is 0 Å². The number of halogens is 6. The van der Waals surface area contributed by atoms with Gasteiger partial charge >= 0.3 is 12.4 Å². The van der Waals surface area contributed by atoms with E-state index in [4.69, 9.17) is 0 Å². The van der Waals surface area contributed by atoms with Gasteiger partial charge in [0.1, 0.15) is 0 Å². The second-order valence-electron chi connectivity index (χ2n) is 8.44. The fourth-order valence-corrected chi connectivity index (χ4v) is 4.09. The Morgan fingerprint density at radius 3 is 2.03 bits per heavy atom. The number of hydrogen-bond donors (Lipinski definition) is 1. The molecule has 0 radical (unpaired) electrons. The molecule has 182 valence electrons. The average Bonchev–Trinajstić information content (AvgIpc) is 3.17. The highest BCUT2D eigenvalue weighted by molar-refractivity contribution is 5.94. The predicted octanol–water partition coefficient (Wildman–Crippen LogP) is 4.30. The Labute approximate surface area is 187 Å². The molecule has 0 saturated carbocycles. The van der Waals surface area contributed by atoms with E-state index in [0.29, 0.717) is 44.6 Å². The molecule has 5 nitrogen and oxygen atoms in total. The van der Waals surface area contributed by atoms with E-state index >= 15 is 0 Å². The Morgan fingerprint density at radius 1 is 0.970 bits per heavy atom. The Morgan fingerprint density at radius 2 is 1.55 bits per heavy atom. The Balaban J connectivity index is 1.53. The van der Waals surface area contributed by atoms with Crippen LogP contribution in [0, 0.1) is 5.92 Å². The first kappa shape index (κ1) is 25.1. The predicted molar refractivity (Wildman–Crippen MR) is 108 cm³/mol. The van der Waals surface area contributed by atoms with Gasteiger partial charge in [0.2, 0.25) is 5.91 Å². The summed E-state index contributed by atoms with van der Waals surface area (Å²) in [7, 11) is 0. The van der Waals surface area contributed by atoms with Crippen LogP contribution in [0.4, 0.5) is 26.3 Å². The molecule has 0 atom stereocenters.